The number of hydrogen-bond acceptors (Lipinski definition) is 4. The van der Waals surface area contributed by atoms with Gasteiger partial charge in [-0.25, -0.2) is 22.0 Å². The highest BCUT2D eigenvalue weighted by Crippen LogP contribution is 2.36. The summed E-state index contributed by atoms with van der Waals surface area (Å²) in [5.41, 5.74) is -0.132. The Kier molecular flexibility index (Phi) is 8.47. The van der Waals surface area contributed by atoms with Gasteiger partial charge < -0.3 is 9.84 Å². The molecule has 1 fully saturated rings. The predicted octanol–water partition coefficient (Wildman–Crippen LogP) is 5.67. The van der Waals surface area contributed by atoms with E-state index in [1.165, 1.54) is 13.2 Å². The number of halogens is 5. The molecule has 0 saturated carbocycles. The Bertz CT molecular complexity index is 1400. The predicted molar refractivity (Wildman–Crippen MR) is 130 cm³/mol. The summed E-state index contributed by atoms with van der Waals surface area (Å²) in [5.74, 6) is -1.09. The molecule has 1 saturated heterocycles. The maximum atomic E-state index is 15.4. The van der Waals surface area contributed by atoms with Crippen LogP contribution in [0.15, 0.2) is 36.5 Å². The highest BCUT2D eigenvalue weighted by Gasteiger charge is 2.34. The molecular formula is C28H25F5N2O3. The van der Waals surface area contributed by atoms with Gasteiger partial charge in [0, 0.05) is 23.6 Å². The molecule has 0 bridgehead atoms. The van der Waals surface area contributed by atoms with E-state index in [0.717, 1.165) is 12.3 Å². The molecule has 5 nitrogen and oxygen atoms in total. The van der Waals surface area contributed by atoms with E-state index in [1.807, 2.05) is 0 Å². The van der Waals surface area contributed by atoms with Crippen LogP contribution in [0.5, 0.6) is 5.75 Å². The number of nitrogens with zero attached hydrogens (tertiary/aromatic N) is 2. The zero-order valence-electron chi connectivity index (χ0n) is 20.5. The smallest absolute Gasteiger partial charge is 0.308 e. The van der Waals surface area contributed by atoms with Gasteiger partial charge in [-0.2, -0.15) is 0 Å². The van der Waals surface area contributed by atoms with Gasteiger partial charge in [-0.15, -0.1) is 0 Å². The number of rotatable bonds is 7. The summed E-state index contributed by atoms with van der Waals surface area (Å²) >= 11 is 0. The second kappa shape index (κ2) is 11.8. The first-order valence-electron chi connectivity index (χ1n) is 12.0. The number of aliphatic carboxylic acids is 1. The fourth-order valence-electron chi connectivity index (χ4n) is 4.85. The van der Waals surface area contributed by atoms with Gasteiger partial charge >= 0.3 is 5.97 Å². The Morgan fingerprint density at radius 2 is 2.00 bits per heavy atom. The molecule has 0 aliphatic carbocycles. The van der Waals surface area contributed by atoms with E-state index >= 15 is 4.39 Å². The van der Waals surface area contributed by atoms with E-state index in [1.54, 1.807) is 17.0 Å². The lowest BCUT2D eigenvalue weighted by Crippen LogP contribution is -2.44. The average molecular weight is 533 g/mol. The molecule has 2 aromatic carbocycles. The van der Waals surface area contributed by atoms with E-state index in [-0.39, 0.29) is 37.4 Å². The number of piperidine rings is 1. The van der Waals surface area contributed by atoms with Crippen LogP contribution in [0.2, 0.25) is 0 Å². The maximum Gasteiger partial charge on any atom is 0.308 e. The van der Waals surface area contributed by atoms with Gasteiger partial charge in [-0.05, 0) is 56.0 Å². The molecule has 1 aliphatic rings. The number of benzene rings is 2. The van der Waals surface area contributed by atoms with Crippen molar-refractivity contribution in [1.82, 2.24) is 9.88 Å². The molecule has 3 aromatic rings. The van der Waals surface area contributed by atoms with Crippen LogP contribution < -0.4 is 4.74 Å². The molecule has 4 rings (SSSR count). The minimum Gasteiger partial charge on any atom is -0.497 e. The van der Waals surface area contributed by atoms with Gasteiger partial charge in [-0.1, -0.05) is 11.8 Å². The number of carboxylic acids is 1. The Labute approximate surface area is 216 Å². The minimum atomic E-state index is -1.67. The van der Waals surface area contributed by atoms with Crippen LogP contribution in [-0.2, 0) is 4.79 Å². The number of fused-ring (bicyclic) bond motifs is 1. The van der Waals surface area contributed by atoms with Crippen molar-refractivity contribution < 1.29 is 36.6 Å². The number of carboxylic acid groups (broad SMARTS) is 1. The monoisotopic (exact) mass is 532 g/mol. The first kappa shape index (κ1) is 27.3. The second-order valence-electron chi connectivity index (χ2n) is 9.23. The van der Waals surface area contributed by atoms with Crippen LogP contribution >= 0.6 is 0 Å². The number of ether oxygens (including phenoxy) is 1. The molecule has 0 radical (unpaired) electrons. The molecule has 3 atom stereocenters. The van der Waals surface area contributed by atoms with E-state index < -0.39 is 46.9 Å². The SMILES string of the molecule is COc1ccc2ncc(F)c(C(F)CCC3CCN(CC#Cc4cc(F)cc(F)c4F)CC3C(=O)O)c2c1. The molecule has 1 aliphatic heterocycles. The zero-order valence-corrected chi connectivity index (χ0v) is 20.5. The third kappa shape index (κ3) is 6.05. The van der Waals surface area contributed by atoms with Crippen LogP contribution in [0, 0.1) is 46.9 Å². The number of pyridine rings is 1. The molecule has 1 N–H and O–H groups in total. The fourth-order valence-corrected chi connectivity index (χ4v) is 4.85. The van der Waals surface area contributed by atoms with Gasteiger partial charge in [0.15, 0.2) is 11.6 Å². The molecule has 38 heavy (non-hydrogen) atoms. The first-order chi connectivity index (χ1) is 18.2. The maximum absolute atomic E-state index is 15.4. The van der Waals surface area contributed by atoms with Crippen molar-refractivity contribution in [1.29, 1.82) is 0 Å². The molecule has 0 amide bonds. The number of methoxy groups -OCH3 is 1. The van der Waals surface area contributed by atoms with Crippen molar-refractivity contribution >= 4 is 16.9 Å². The van der Waals surface area contributed by atoms with Crippen molar-refractivity contribution in [2.45, 2.75) is 25.4 Å². The summed E-state index contributed by atoms with van der Waals surface area (Å²) in [6.07, 6.45) is -0.125. The van der Waals surface area contributed by atoms with Gasteiger partial charge in [0.1, 0.15) is 23.6 Å². The number of aromatic nitrogens is 1. The Morgan fingerprint density at radius 3 is 2.74 bits per heavy atom. The lowest BCUT2D eigenvalue weighted by molar-refractivity contribution is -0.146. The van der Waals surface area contributed by atoms with Crippen molar-refractivity contribution in [3.8, 4) is 17.6 Å². The normalized spacial score (nSPS) is 18.6. The molecule has 200 valence electrons. The summed E-state index contributed by atoms with van der Waals surface area (Å²) in [5, 5.41) is 10.1. The molecule has 1 aromatic heterocycles. The van der Waals surface area contributed by atoms with Gasteiger partial charge in [0.25, 0.3) is 0 Å². The lowest BCUT2D eigenvalue weighted by atomic mass is 9.81. The third-order valence-corrected chi connectivity index (χ3v) is 6.85. The van der Waals surface area contributed by atoms with Crippen molar-refractivity contribution in [2.75, 3.05) is 26.7 Å². The van der Waals surface area contributed by atoms with E-state index in [2.05, 4.69) is 16.8 Å². The number of likely N-dealkylation sites (tertiary alicyclic amines) is 1. The molecule has 0 spiro atoms. The van der Waals surface area contributed by atoms with Gasteiger partial charge in [0.2, 0.25) is 0 Å². The molecule has 3 unspecified atom stereocenters. The summed E-state index contributed by atoms with van der Waals surface area (Å²) in [6, 6.07) is 6.00. The van der Waals surface area contributed by atoms with Crippen LogP contribution in [-0.4, -0.2) is 47.7 Å². The van der Waals surface area contributed by atoms with Crippen molar-refractivity contribution in [2.24, 2.45) is 11.8 Å². The standard InChI is InChI=1S/C28H25F5N2O3/c1-38-19-5-7-25-20(13-19)26(24(32)14-34-25)22(30)6-4-16-8-10-35(15-21(16)28(36)37)9-2-3-17-11-18(29)12-23(31)27(17)33/h5,7,11-14,16,21-22H,4,6,8-10,15H2,1H3,(H,36,37). The van der Waals surface area contributed by atoms with Gasteiger partial charge in [-0.3, -0.25) is 14.7 Å². The molecule has 2 heterocycles. The summed E-state index contributed by atoms with van der Waals surface area (Å²) in [4.78, 5) is 17.7. The number of hydrogen-bond donors (Lipinski definition) is 1. The summed E-state index contributed by atoms with van der Waals surface area (Å²) in [7, 11) is 1.45. The Morgan fingerprint density at radius 1 is 1.21 bits per heavy atom. The Hall–Kier alpha value is -3.71. The third-order valence-electron chi connectivity index (χ3n) is 6.85. The van der Waals surface area contributed by atoms with E-state index in [4.69, 9.17) is 4.74 Å². The largest absolute Gasteiger partial charge is 0.497 e. The van der Waals surface area contributed by atoms with Crippen molar-refractivity contribution in [3.05, 3.63) is 70.9 Å². The van der Waals surface area contributed by atoms with E-state index in [0.29, 0.717) is 35.7 Å². The number of alkyl halides is 1. The quantitative estimate of drug-likeness (QED) is 0.242. The van der Waals surface area contributed by atoms with Crippen LogP contribution in [0.4, 0.5) is 22.0 Å². The van der Waals surface area contributed by atoms with E-state index in [9.17, 15) is 27.5 Å². The highest BCUT2D eigenvalue weighted by atomic mass is 19.2. The summed E-state index contributed by atoms with van der Waals surface area (Å²) < 4.78 is 75.6. The number of carbonyl (C=O) groups is 1. The summed E-state index contributed by atoms with van der Waals surface area (Å²) in [6.45, 7) is 0.634. The van der Waals surface area contributed by atoms with Crippen LogP contribution in [0.1, 0.15) is 36.6 Å². The second-order valence-corrected chi connectivity index (χ2v) is 9.23. The van der Waals surface area contributed by atoms with Gasteiger partial charge in [0.05, 0.1) is 36.8 Å². The average Bonchev–Trinajstić information content (AvgIpc) is 2.89. The topological polar surface area (TPSA) is 62.7 Å². The van der Waals surface area contributed by atoms with Crippen LogP contribution in [0.25, 0.3) is 10.9 Å². The highest BCUT2D eigenvalue weighted by molar-refractivity contribution is 5.84. The Balaban J connectivity index is 1.42. The fraction of sp³-hybridized carbons (Fsp3) is 0.357. The first-order valence-corrected chi connectivity index (χ1v) is 12.0. The lowest BCUT2D eigenvalue weighted by Gasteiger charge is -2.35. The molecular weight excluding hydrogens is 507 g/mol. The minimum absolute atomic E-state index is 0.0653. The molecule has 10 heteroatoms. The zero-order chi connectivity index (χ0) is 27.4. The van der Waals surface area contributed by atoms with Crippen molar-refractivity contribution in [3.63, 3.8) is 0 Å². The van der Waals surface area contributed by atoms with Crippen LogP contribution in [0.3, 0.4) is 0 Å².